The van der Waals surface area contributed by atoms with Crippen LogP contribution in [0, 0.1) is 18.3 Å². The van der Waals surface area contributed by atoms with Gasteiger partial charge in [-0.15, -0.1) is 23.1 Å². The fourth-order valence-electron chi connectivity index (χ4n) is 6.61. The smallest absolute Gasteiger partial charge is 0.246 e. The van der Waals surface area contributed by atoms with E-state index in [2.05, 4.69) is 63.0 Å². The molecule has 49 heavy (non-hydrogen) atoms. The van der Waals surface area contributed by atoms with Crippen molar-refractivity contribution in [1.29, 1.82) is 0 Å². The molecule has 3 aromatic rings. The Morgan fingerprint density at radius 3 is 2.65 bits per heavy atom. The lowest BCUT2D eigenvalue weighted by Gasteiger charge is -2.39. The van der Waals surface area contributed by atoms with Crippen LogP contribution >= 0.6 is 23.1 Å². The van der Waals surface area contributed by atoms with E-state index in [1.54, 1.807) is 16.2 Å². The van der Waals surface area contributed by atoms with Crippen LogP contribution in [0.15, 0.2) is 58.9 Å². The van der Waals surface area contributed by atoms with Crippen molar-refractivity contribution in [3.63, 3.8) is 0 Å². The van der Waals surface area contributed by atoms with Gasteiger partial charge in [0.2, 0.25) is 18.2 Å². The van der Waals surface area contributed by atoms with Crippen LogP contribution in [0.3, 0.4) is 0 Å². The molecular formula is C38H51N5O4S2. The van der Waals surface area contributed by atoms with E-state index in [0.29, 0.717) is 38.4 Å². The van der Waals surface area contributed by atoms with Crippen molar-refractivity contribution in [1.82, 2.24) is 25.4 Å². The van der Waals surface area contributed by atoms with E-state index in [-0.39, 0.29) is 11.8 Å². The zero-order valence-corrected chi connectivity index (χ0v) is 30.9. The van der Waals surface area contributed by atoms with Crippen molar-refractivity contribution < 1.29 is 19.1 Å². The average Bonchev–Trinajstić information content (AvgIpc) is 3.74. The number of thiazole rings is 1. The number of ether oxygens (including phenoxy) is 1. The number of nitrogens with one attached hydrogen (secondary N) is 2. The van der Waals surface area contributed by atoms with Gasteiger partial charge in [-0.1, -0.05) is 51.1 Å². The molecule has 2 N–H and O–H groups in total. The second-order valence-corrected chi connectivity index (χ2v) is 16.2. The molecular weight excluding hydrogens is 655 g/mol. The summed E-state index contributed by atoms with van der Waals surface area (Å²) in [5.41, 5.74) is 4.30. The lowest BCUT2D eigenvalue weighted by atomic mass is 9.85. The van der Waals surface area contributed by atoms with Crippen LogP contribution in [0.2, 0.25) is 0 Å². The molecule has 264 valence electrons. The molecule has 2 aliphatic rings. The van der Waals surface area contributed by atoms with Gasteiger partial charge in [-0.2, -0.15) is 0 Å². The SMILES string of the molecule is Cc1ncsc1-c1ccc(CNC(=O)C2CCCN2C(=O)C(NC=O)C(C)(C)C)c(OCCC2CN(CCCCSc3ccccc3)C2)c1. The number of thioether (sulfide) groups is 1. The third-order valence-electron chi connectivity index (χ3n) is 9.41. The van der Waals surface area contributed by atoms with Crippen molar-refractivity contribution in [3.05, 3.63) is 65.3 Å². The number of rotatable bonds is 17. The summed E-state index contributed by atoms with van der Waals surface area (Å²) in [6, 6.07) is 15.5. The van der Waals surface area contributed by atoms with Crippen LogP contribution in [0.1, 0.15) is 64.1 Å². The Labute approximate surface area is 299 Å². The maximum Gasteiger partial charge on any atom is 0.246 e. The molecule has 2 fully saturated rings. The largest absolute Gasteiger partial charge is 0.493 e. The Morgan fingerprint density at radius 1 is 1.14 bits per heavy atom. The van der Waals surface area contributed by atoms with Crippen molar-refractivity contribution in [2.24, 2.45) is 11.3 Å². The van der Waals surface area contributed by atoms with Gasteiger partial charge in [-0.05, 0) is 86.4 Å². The lowest BCUT2D eigenvalue weighted by Crippen LogP contribution is -2.56. The number of benzene rings is 2. The number of likely N-dealkylation sites (tertiary alicyclic amines) is 2. The molecule has 0 bridgehead atoms. The number of hydrogen-bond donors (Lipinski definition) is 2. The molecule has 2 atom stereocenters. The summed E-state index contributed by atoms with van der Waals surface area (Å²) in [5.74, 6) is 2.14. The summed E-state index contributed by atoms with van der Waals surface area (Å²) in [4.78, 5) is 49.2. The van der Waals surface area contributed by atoms with Gasteiger partial charge < -0.3 is 25.2 Å². The average molecular weight is 706 g/mol. The summed E-state index contributed by atoms with van der Waals surface area (Å²) in [6.45, 7) is 12.5. The molecule has 5 rings (SSSR count). The minimum Gasteiger partial charge on any atom is -0.493 e. The highest BCUT2D eigenvalue weighted by Gasteiger charge is 2.41. The standard InChI is InChI=1S/C38H51N5O4S2/c1-27-34(49-26-41-27)29-14-15-30(22-39-36(45)32-13-10-18-43(32)37(46)35(40-25-44)38(2,3)4)33(21-29)47-19-16-28-23-42(24-28)17-8-9-20-48-31-11-6-5-7-12-31/h5-7,11-12,14-15,21,25-26,28,32,35H,8-10,13,16-20,22-24H2,1-4H3,(H,39,45)(H,40,44). The predicted octanol–water partition coefficient (Wildman–Crippen LogP) is 6.16. The number of nitrogens with zero attached hydrogens (tertiary/aromatic N) is 3. The van der Waals surface area contributed by atoms with Crippen LogP contribution in [0.25, 0.3) is 10.4 Å². The van der Waals surface area contributed by atoms with Crippen LogP contribution in [0.4, 0.5) is 0 Å². The van der Waals surface area contributed by atoms with E-state index in [4.69, 9.17) is 4.74 Å². The second-order valence-electron chi connectivity index (χ2n) is 14.2. The monoisotopic (exact) mass is 705 g/mol. The Balaban J connectivity index is 1.12. The molecule has 3 amide bonds. The van der Waals surface area contributed by atoms with E-state index in [1.165, 1.54) is 17.7 Å². The summed E-state index contributed by atoms with van der Waals surface area (Å²) >= 11 is 3.54. The molecule has 11 heteroatoms. The Morgan fingerprint density at radius 2 is 1.94 bits per heavy atom. The molecule has 0 spiro atoms. The highest BCUT2D eigenvalue weighted by molar-refractivity contribution is 7.99. The zero-order valence-electron chi connectivity index (χ0n) is 29.3. The lowest BCUT2D eigenvalue weighted by molar-refractivity contribution is -0.142. The number of aryl methyl sites for hydroxylation is 1. The van der Waals surface area contributed by atoms with Crippen LogP contribution in [0.5, 0.6) is 5.75 Å². The first-order valence-electron chi connectivity index (χ1n) is 17.5. The minimum atomic E-state index is -0.701. The summed E-state index contributed by atoms with van der Waals surface area (Å²) in [5, 5.41) is 5.76. The normalized spacial score (nSPS) is 17.4. The summed E-state index contributed by atoms with van der Waals surface area (Å²) < 4.78 is 6.43. The van der Waals surface area contributed by atoms with Gasteiger partial charge in [-0.3, -0.25) is 14.4 Å². The minimum absolute atomic E-state index is 0.189. The molecule has 0 saturated carbocycles. The van der Waals surface area contributed by atoms with E-state index in [1.807, 2.05) is 51.0 Å². The van der Waals surface area contributed by atoms with Gasteiger partial charge in [0.1, 0.15) is 17.8 Å². The fraction of sp³-hybridized carbons (Fsp3) is 0.526. The first-order chi connectivity index (χ1) is 23.6. The first-order valence-corrected chi connectivity index (χ1v) is 19.3. The van der Waals surface area contributed by atoms with Crippen LogP contribution in [-0.4, -0.2) is 83.6 Å². The maximum absolute atomic E-state index is 13.5. The van der Waals surface area contributed by atoms with Crippen molar-refractivity contribution in [2.75, 3.05) is 38.5 Å². The van der Waals surface area contributed by atoms with Crippen LogP contribution in [-0.2, 0) is 20.9 Å². The maximum atomic E-state index is 13.5. The number of unbranched alkanes of at least 4 members (excludes halogenated alkanes) is 1. The van der Waals surface area contributed by atoms with Gasteiger partial charge in [0.25, 0.3) is 0 Å². The molecule has 2 unspecified atom stereocenters. The molecule has 0 radical (unpaired) electrons. The van der Waals surface area contributed by atoms with Gasteiger partial charge in [0.05, 0.1) is 22.7 Å². The highest BCUT2D eigenvalue weighted by atomic mass is 32.2. The molecule has 2 saturated heterocycles. The van der Waals surface area contributed by atoms with E-state index < -0.39 is 17.5 Å². The Bertz CT molecular complexity index is 1540. The molecule has 0 aliphatic carbocycles. The number of carbonyl (C=O) groups is 3. The number of aromatic nitrogens is 1. The third-order valence-corrected chi connectivity index (χ3v) is 11.5. The van der Waals surface area contributed by atoms with Gasteiger partial charge in [0, 0.05) is 36.6 Å². The molecule has 9 nitrogen and oxygen atoms in total. The fourth-order valence-corrected chi connectivity index (χ4v) is 8.34. The van der Waals surface area contributed by atoms with E-state index in [9.17, 15) is 14.4 Å². The summed E-state index contributed by atoms with van der Waals surface area (Å²) in [6.07, 6.45) is 5.33. The quantitative estimate of drug-likeness (QED) is 0.0986. The zero-order chi connectivity index (χ0) is 34.8. The topological polar surface area (TPSA) is 104 Å². The number of carbonyl (C=O) groups excluding carboxylic acids is 3. The van der Waals surface area contributed by atoms with Crippen molar-refractivity contribution in [2.45, 2.75) is 83.3 Å². The van der Waals surface area contributed by atoms with Gasteiger partial charge >= 0.3 is 0 Å². The van der Waals surface area contributed by atoms with E-state index in [0.717, 1.165) is 65.7 Å². The van der Waals surface area contributed by atoms with Crippen molar-refractivity contribution in [3.8, 4) is 16.2 Å². The van der Waals surface area contributed by atoms with Gasteiger partial charge in [-0.25, -0.2) is 4.98 Å². The molecule has 3 heterocycles. The third kappa shape index (κ3) is 10.1. The van der Waals surface area contributed by atoms with Gasteiger partial charge in [0.15, 0.2) is 0 Å². The Hall–Kier alpha value is -3.41. The predicted molar refractivity (Wildman–Crippen MR) is 198 cm³/mol. The molecule has 2 aliphatic heterocycles. The molecule has 2 aromatic carbocycles. The number of amides is 3. The summed E-state index contributed by atoms with van der Waals surface area (Å²) in [7, 11) is 0. The van der Waals surface area contributed by atoms with E-state index >= 15 is 0 Å². The van der Waals surface area contributed by atoms with Crippen molar-refractivity contribution >= 4 is 41.3 Å². The second kappa shape index (κ2) is 17.5. The Kier molecular flexibility index (Phi) is 13.2. The highest BCUT2D eigenvalue weighted by Crippen LogP contribution is 2.33. The van der Waals surface area contributed by atoms with Crippen LogP contribution < -0.4 is 15.4 Å². The molecule has 1 aromatic heterocycles. The number of hydrogen-bond acceptors (Lipinski definition) is 8. The first kappa shape index (κ1) is 36.9.